The van der Waals surface area contributed by atoms with Crippen molar-refractivity contribution in [1.82, 2.24) is 0 Å². The maximum absolute atomic E-state index is 12.8. The van der Waals surface area contributed by atoms with Crippen LogP contribution >= 0.6 is 0 Å². The van der Waals surface area contributed by atoms with Gasteiger partial charge < -0.3 is 19.5 Å². The molecule has 0 saturated carbocycles. The molecule has 150 valence electrons. The molecule has 2 N–H and O–H groups in total. The Hall–Kier alpha value is -3.27. The summed E-state index contributed by atoms with van der Waals surface area (Å²) in [6.07, 6.45) is 0. The first-order chi connectivity index (χ1) is 13.2. The Morgan fingerprint density at radius 1 is 0.893 bits per heavy atom. The first-order valence-electron chi connectivity index (χ1n) is 7.96. The van der Waals surface area contributed by atoms with Gasteiger partial charge in [-0.25, -0.2) is 13.2 Å². The number of nitrogens with one attached hydrogen (secondary N) is 2. The average molecular weight is 408 g/mol. The van der Waals surface area contributed by atoms with Gasteiger partial charge in [0.2, 0.25) is 5.91 Å². The van der Waals surface area contributed by atoms with Crippen molar-refractivity contribution in [2.75, 3.05) is 31.4 Å². The molecule has 9 nitrogen and oxygen atoms in total. The highest BCUT2D eigenvalue weighted by molar-refractivity contribution is 7.92. The number of carbonyl (C=O) groups excluding carboxylic acids is 2. The number of sulfonamides is 1. The highest BCUT2D eigenvalue weighted by atomic mass is 32.2. The molecule has 2 aromatic rings. The maximum Gasteiger partial charge on any atom is 0.337 e. The van der Waals surface area contributed by atoms with E-state index in [1.165, 1.54) is 64.7 Å². The van der Waals surface area contributed by atoms with Crippen LogP contribution in [0.2, 0.25) is 0 Å². The minimum Gasteiger partial charge on any atom is -0.495 e. The van der Waals surface area contributed by atoms with E-state index in [-0.39, 0.29) is 33.5 Å². The number of amides is 1. The molecule has 0 radical (unpaired) electrons. The number of ether oxygens (including phenoxy) is 3. The van der Waals surface area contributed by atoms with Crippen LogP contribution in [0.4, 0.5) is 11.4 Å². The number of hydrogen-bond acceptors (Lipinski definition) is 7. The minimum absolute atomic E-state index is 0.0577. The zero-order valence-corrected chi connectivity index (χ0v) is 16.5. The predicted octanol–water partition coefficient (Wildman–Crippen LogP) is 2.25. The van der Waals surface area contributed by atoms with E-state index in [9.17, 15) is 18.0 Å². The highest BCUT2D eigenvalue weighted by Crippen LogP contribution is 2.31. The van der Waals surface area contributed by atoms with Crippen molar-refractivity contribution in [2.45, 2.75) is 11.8 Å². The second-order valence-electron chi connectivity index (χ2n) is 5.56. The molecule has 0 aromatic heterocycles. The van der Waals surface area contributed by atoms with E-state index in [4.69, 9.17) is 9.47 Å². The largest absolute Gasteiger partial charge is 0.495 e. The summed E-state index contributed by atoms with van der Waals surface area (Å²) < 4.78 is 42.9. The third-order valence-corrected chi connectivity index (χ3v) is 5.02. The lowest BCUT2D eigenvalue weighted by atomic mass is 10.2. The number of hydrogen-bond donors (Lipinski definition) is 2. The zero-order chi connectivity index (χ0) is 20.9. The lowest BCUT2D eigenvalue weighted by molar-refractivity contribution is -0.114. The Balaban J connectivity index is 2.46. The van der Waals surface area contributed by atoms with Crippen LogP contribution in [0.1, 0.15) is 17.3 Å². The second kappa shape index (κ2) is 8.61. The molecule has 0 unspecified atom stereocenters. The van der Waals surface area contributed by atoms with Crippen LogP contribution in [-0.2, 0) is 19.6 Å². The molecule has 2 rings (SSSR count). The first kappa shape index (κ1) is 21.0. The number of methoxy groups -OCH3 is 3. The van der Waals surface area contributed by atoms with E-state index in [0.29, 0.717) is 5.75 Å². The molecule has 0 aliphatic rings. The second-order valence-corrected chi connectivity index (χ2v) is 7.24. The van der Waals surface area contributed by atoms with E-state index in [0.717, 1.165) is 0 Å². The molecule has 10 heteroatoms. The molecular formula is C18H20N2O7S. The number of anilines is 2. The Morgan fingerprint density at radius 3 is 2.07 bits per heavy atom. The van der Waals surface area contributed by atoms with Crippen LogP contribution in [0.15, 0.2) is 41.3 Å². The normalized spacial score (nSPS) is 10.7. The van der Waals surface area contributed by atoms with Crippen LogP contribution in [-0.4, -0.2) is 41.6 Å². The van der Waals surface area contributed by atoms with E-state index in [1.807, 2.05) is 0 Å². The van der Waals surface area contributed by atoms with Crippen molar-refractivity contribution in [3.63, 3.8) is 0 Å². The van der Waals surface area contributed by atoms with Crippen molar-refractivity contribution in [3.05, 3.63) is 42.0 Å². The van der Waals surface area contributed by atoms with Gasteiger partial charge in [-0.05, 0) is 36.4 Å². The number of carbonyl (C=O) groups is 2. The van der Waals surface area contributed by atoms with Crippen LogP contribution < -0.4 is 19.5 Å². The lowest BCUT2D eigenvalue weighted by Gasteiger charge is -2.15. The van der Waals surface area contributed by atoms with Gasteiger partial charge in [0.1, 0.15) is 11.5 Å². The molecule has 28 heavy (non-hydrogen) atoms. The average Bonchev–Trinajstić information content (AvgIpc) is 2.66. The summed E-state index contributed by atoms with van der Waals surface area (Å²) in [4.78, 5) is 23.0. The summed E-state index contributed by atoms with van der Waals surface area (Å²) in [7, 11) is -0.0805. The smallest absolute Gasteiger partial charge is 0.337 e. The van der Waals surface area contributed by atoms with Crippen molar-refractivity contribution in [3.8, 4) is 11.5 Å². The van der Waals surface area contributed by atoms with Crippen molar-refractivity contribution >= 4 is 33.3 Å². The molecule has 0 aliphatic carbocycles. The molecule has 0 aliphatic heterocycles. The first-order valence-corrected chi connectivity index (χ1v) is 9.45. The summed E-state index contributed by atoms with van der Waals surface area (Å²) in [5.41, 5.74) is 0.408. The minimum atomic E-state index is -4.07. The topological polar surface area (TPSA) is 120 Å². The molecule has 0 fully saturated rings. The predicted molar refractivity (Wildman–Crippen MR) is 102 cm³/mol. The van der Waals surface area contributed by atoms with Crippen LogP contribution in [0.25, 0.3) is 0 Å². The quantitative estimate of drug-likeness (QED) is 0.674. The van der Waals surface area contributed by atoms with Crippen molar-refractivity contribution in [2.24, 2.45) is 0 Å². The fourth-order valence-corrected chi connectivity index (χ4v) is 3.46. The Labute approximate surface area is 162 Å². The van der Waals surface area contributed by atoms with Gasteiger partial charge in [0, 0.05) is 6.92 Å². The van der Waals surface area contributed by atoms with Gasteiger partial charge in [0.15, 0.2) is 0 Å². The van der Waals surface area contributed by atoms with Gasteiger partial charge in [-0.3, -0.25) is 9.52 Å². The van der Waals surface area contributed by atoms with Crippen LogP contribution in [0.5, 0.6) is 11.5 Å². The number of benzene rings is 2. The third kappa shape index (κ3) is 4.71. The van der Waals surface area contributed by atoms with E-state index in [1.54, 1.807) is 0 Å². The van der Waals surface area contributed by atoms with Gasteiger partial charge >= 0.3 is 5.97 Å². The SMILES string of the molecule is COC(=O)c1ccc(OC)c(NS(=O)(=O)c2ccc(OC)c(NC(C)=O)c2)c1. The molecule has 0 spiro atoms. The van der Waals surface area contributed by atoms with E-state index >= 15 is 0 Å². The number of esters is 1. The summed E-state index contributed by atoms with van der Waals surface area (Å²) in [5.74, 6) is -0.486. The highest BCUT2D eigenvalue weighted by Gasteiger charge is 2.20. The van der Waals surface area contributed by atoms with E-state index in [2.05, 4.69) is 14.8 Å². The molecule has 0 bridgehead atoms. The third-order valence-electron chi connectivity index (χ3n) is 3.66. The number of rotatable bonds is 7. The Kier molecular flexibility index (Phi) is 6.47. The van der Waals surface area contributed by atoms with E-state index < -0.39 is 16.0 Å². The summed E-state index contributed by atoms with van der Waals surface area (Å²) in [6, 6.07) is 8.20. The van der Waals surface area contributed by atoms with Crippen molar-refractivity contribution in [1.29, 1.82) is 0 Å². The lowest BCUT2D eigenvalue weighted by Crippen LogP contribution is -2.15. The van der Waals surface area contributed by atoms with Crippen molar-refractivity contribution < 1.29 is 32.2 Å². The van der Waals surface area contributed by atoms with Gasteiger partial charge in [-0.2, -0.15) is 0 Å². The standard InChI is InChI=1S/C18H20N2O7S/c1-11(21)19-14-10-13(6-8-16(14)25-2)28(23,24)20-15-9-12(18(22)27-4)5-7-17(15)26-3/h5-10,20H,1-4H3,(H,19,21). The molecule has 0 atom stereocenters. The molecule has 0 saturated heterocycles. The summed E-state index contributed by atoms with van der Waals surface area (Å²) in [6.45, 7) is 1.29. The summed E-state index contributed by atoms with van der Waals surface area (Å²) in [5, 5.41) is 2.51. The van der Waals surface area contributed by atoms with Gasteiger partial charge in [0.05, 0.1) is 43.2 Å². The van der Waals surface area contributed by atoms with Crippen LogP contribution in [0, 0.1) is 0 Å². The molecular weight excluding hydrogens is 388 g/mol. The van der Waals surface area contributed by atoms with Gasteiger partial charge in [-0.15, -0.1) is 0 Å². The van der Waals surface area contributed by atoms with Gasteiger partial charge in [-0.1, -0.05) is 0 Å². The zero-order valence-electron chi connectivity index (χ0n) is 15.7. The fraction of sp³-hybridized carbons (Fsp3) is 0.222. The van der Waals surface area contributed by atoms with Gasteiger partial charge in [0.25, 0.3) is 10.0 Å². The monoisotopic (exact) mass is 408 g/mol. The fourth-order valence-electron chi connectivity index (χ4n) is 2.38. The van der Waals surface area contributed by atoms with Crippen LogP contribution in [0.3, 0.4) is 0 Å². The molecule has 2 aromatic carbocycles. The summed E-state index contributed by atoms with van der Waals surface area (Å²) >= 11 is 0. The Bertz CT molecular complexity index is 1000. The molecule has 0 heterocycles. The maximum atomic E-state index is 12.8. The molecule has 1 amide bonds. The Morgan fingerprint density at radius 2 is 1.50 bits per heavy atom.